The highest BCUT2D eigenvalue weighted by Gasteiger charge is 2.29. The quantitative estimate of drug-likeness (QED) is 0.776. The first-order valence-electron chi connectivity index (χ1n) is 9.59. The summed E-state index contributed by atoms with van der Waals surface area (Å²) in [6.07, 6.45) is 10.8. The van der Waals surface area contributed by atoms with Crippen LogP contribution in [0.25, 0.3) is 6.08 Å². The Kier molecular flexibility index (Phi) is 4.65. The molecule has 0 N–H and O–H groups in total. The number of aromatic nitrogens is 2. The molecular weight excluding hydrogens is 376 g/mol. The number of nitrogens with zero attached hydrogens (tertiary/aromatic N) is 4. The van der Waals surface area contributed by atoms with Crippen LogP contribution in [-0.2, 0) is 23.4 Å². The molecule has 2 aromatic heterocycles. The smallest absolute Gasteiger partial charge is 0.260 e. The van der Waals surface area contributed by atoms with Crippen molar-refractivity contribution in [2.75, 3.05) is 31.1 Å². The third-order valence-electron chi connectivity index (χ3n) is 5.56. The average Bonchev–Trinajstić information content (AvgIpc) is 3.12. The monoisotopic (exact) mass is 398 g/mol. The van der Waals surface area contributed by atoms with E-state index in [1.54, 1.807) is 34.6 Å². The Morgan fingerprint density at radius 1 is 1.00 bits per heavy atom. The van der Waals surface area contributed by atoms with Gasteiger partial charge in [0.2, 0.25) is 5.95 Å². The minimum atomic E-state index is 0.186. The summed E-state index contributed by atoms with van der Waals surface area (Å²) >= 11 is 3.64. The Morgan fingerprint density at radius 2 is 1.78 bits per heavy atom. The van der Waals surface area contributed by atoms with E-state index in [0.29, 0.717) is 0 Å². The van der Waals surface area contributed by atoms with E-state index in [1.165, 1.54) is 36.1 Å². The fraction of sp³-hybridized carbons (Fsp3) is 0.450. The second-order valence-corrected chi connectivity index (χ2v) is 9.33. The molecule has 1 saturated heterocycles. The van der Waals surface area contributed by atoms with Gasteiger partial charge >= 0.3 is 0 Å². The van der Waals surface area contributed by atoms with E-state index in [9.17, 15) is 4.79 Å². The molecule has 5 nitrogen and oxygen atoms in total. The standard InChI is InChI=1S/C20H22N4OS2/c25-19(23-8-10-24(11-9-23)20-21-6-3-7-22-20)18-12-17-15(13-26-18)14-4-1-2-5-16(14)27-17/h3,6-7,12H,1-2,4-5,8-11,13H2. The van der Waals surface area contributed by atoms with Gasteiger partial charge in [0.25, 0.3) is 5.91 Å². The normalized spacial score (nSPS) is 19.3. The first-order chi connectivity index (χ1) is 13.3. The molecule has 2 aromatic rings. The predicted molar refractivity (Wildman–Crippen MR) is 111 cm³/mol. The highest BCUT2D eigenvalue weighted by atomic mass is 32.2. The van der Waals surface area contributed by atoms with Crippen LogP contribution >= 0.6 is 23.1 Å². The van der Waals surface area contributed by atoms with Crippen molar-refractivity contribution in [3.63, 3.8) is 0 Å². The molecule has 3 aliphatic rings. The van der Waals surface area contributed by atoms with Gasteiger partial charge in [-0.25, -0.2) is 9.97 Å². The Bertz CT molecular complexity index is 885. The Hall–Kier alpha value is -1.86. The molecule has 2 aliphatic heterocycles. The van der Waals surface area contributed by atoms with E-state index in [2.05, 4.69) is 20.9 Å². The van der Waals surface area contributed by atoms with Crippen LogP contribution < -0.4 is 4.90 Å². The number of hydrogen-bond donors (Lipinski definition) is 0. The van der Waals surface area contributed by atoms with Crippen molar-refractivity contribution in [2.45, 2.75) is 31.4 Å². The molecule has 0 spiro atoms. The maximum atomic E-state index is 13.0. The summed E-state index contributed by atoms with van der Waals surface area (Å²) in [7, 11) is 0. The highest BCUT2D eigenvalue weighted by Crippen LogP contribution is 2.43. The van der Waals surface area contributed by atoms with Gasteiger partial charge in [-0.15, -0.1) is 23.1 Å². The third-order valence-corrected chi connectivity index (χ3v) is 7.88. The van der Waals surface area contributed by atoms with E-state index in [4.69, 9.17) is 0 Å². The summed E-state index contributed by atoms with van der Waals surface area (Å²) in [6, 6.07) is 1.83. The lowest BCUT2D eigenvalue weighted by Crippen LogP contribution is -2.49. The molecule has 0 atom stereocenters. The maximum absolute atomic E-state index is 13.0. The van der Waals surface area contributed by atoms with Crippen molar-refractivity contribution < 1.29 is 4.79 Å². The molecule has 0 unspecified atom stereocenters. The molecule has 0 bridgehead atoms. The van der Waals surface area contributed by atoms with Crippen molar-refractivity contribution in [1.82, 2.24) is 14.9 Å². The van der Waals surface area contributed by atoms with Crippen molar-refractivity contribution in [1.29, 1.82) is 0 Å². The van der Waals surface area contributed by atoms with Gasteiger partial charge in [0, 0.05) is 54.1 Å². The minimum Gasteiger partial charge on any atom is -0.337 e. The van der Waals surface area contributed by atoms with Crippen molar-refractivity contribution in [3.8, 4) is 0 Å². The van der Waals surface area contributed by atoms with Crippen LogP contribution in [0.1, 0.15) is 33.7 Å². The summed E-state index contributed by atoms with van der Waals surface area (Å²) in [5, 5.41) is 0. The number of hydrogen-bond acceptors (Lipinski definition) is 6. The number of piperazine rings is 1. The van der Waals surface area contributed by atoms with Crippen LogP contribution in [0.4, 0.5) is 5.95 Å². The third kappa shape index (κ3) is 3.27. The summed E-state index contributed by atoms with van der Waals surface area (Å²) in [5.41, 5.74) is 3.09. The van der Waals surface area contributed by atoms with Gasteiger partial charge in [-0.2, -0.15) is 0 Å². The fourth-order valence-electron chi connectivity index (χ4n) is 4.08. The first kappa shape index (κ1) is 17.3. The van der Waals surface area contributed by atoms with Crippen LogP contribution in [-0.4, -0.2) is 47.0 Å². The van der Waals surface area contributed by atoms with E-state index in [-0.39, 0.29) is 5.91 Å². The van der Waals surface area contributed by atoms with Gasteiger partial charge < -0.3 is 9.80 Å². The molecule has 1 fully saturated rings. The van der Waals surface area contributed by atoms with Gasteiger partial charge in [-0.05, 0) is 49.0 Å². The molecule has 5 rings (SSSR count). The maximum Gasteiger partial charge on any atom is 0.260 e. The van der Waals surface area contributed by atoms with E-state index in [1.807, 2.05) is 22.3 Å². The second-order valence-electron chi connectivity index (χ2n) is 7.18. The molecule has 4 heterocycles. The number of aryl methyl sites for hydroxylation is 1. The van der Waals surface area contributed by atoms with Crippen molar-refractivity contribution >= 4 is 41.0 Å². The SMILES string of the molecule is O=C(C1=Cc2sc3c(c2CS1)CCCC3)N1CCN(c2ncccn2)CC1. The van der Waals surface area contributed by atoms with Gasteiger partial charge in [0.15, 0.2) is 0 Å². The number of fused-ring (bicyclic) bond motifs is 3. The molecule has 0 saturated carbocycles. The molecule has 0 radical (unpaired) electrons. The zero-order valence-corrected chi connectivity index (χ0v) is 16.8. The van der Waals surface area contributed by atoms with Crippen LogP contribution in [0.15, 0.2) is 23.4 Å². The molecular formula is C20H22N4OS2. The zero-order chi connectivity index (χ0) is 18.2. The summed E-state index contributed by atoms with van der Waals surface area (Å²) in [5.74, 6) is 1.90. The fourth-order valence-corrected chi connectivity index (χ4v) is 6.69. The van der Waals surface area contributed by atoms with Crippen molar-refractivity contribution in [2.24, 2.45) is 0 Å². The molecule has 0 aromatic carbocycles. The molecule has 27 heavy (non-hydrogen) atoms. The summed E-state index contributed by atoms with van der Waals surface area (Å²) in [6.45, 7) is 3.02. The zero-order valence-electron chi connectivity index (χ0n) is 15.2. The topological polar surface area (TPSA) is 49.3 Å². The first-order valence-corrected chi connectivity index (χ1v) is 11.4. The molecule has 140 valence electrons. The van der Waals surface area contributed by atoms with E-state index >= 15 is 0 Å². The Labute approximate surface area is 167 Å². The molecule has 1 aliphatic carbocycles. The molecule has 7 heteroatoms. The number of thiophene rings is 1. The largest absolute Gasteiger partial charge is 0.337 e. The highest BCUT2D eigenvalue weighted by molar-refractivity contribution is 8.03. The molecule has 1 amide bonds. The minimum absolute atomic E-state index is 0.186. The van der Waals surface area contributed by atoms with Crippen LogP contribution in [0.2, 0.25) is 0 Å². The van der Waals surface area contributed by atoms with E-state index < -0.39 is 0 Å². The number of thioether (sulfide) groups is 1. The van der Waals surface area contributed by atoms with Crippen LogP contribution in [0, 0.1) is 0 Å². The number of carbonyl (C=O) groups excluding carboxylic acids is 1. The summed E-state index contributed by atoms with van der Waals surface area (Å²) in [4.78, 5) is 29.6. The van der Waals surface area contributed by atoms with Gasteiger partial charge in [0.1, 0.15) is 0 Å². The van der Waals surface area contributed by atoms with E-state index in [0.717, 1.165) is 42.8 Å². The van der Waals surface area contributed by atoms with Crippen LogP contribution in [0.5, 0.6) is 0 Å². The number of rotatable bonds is 2. The lowest BCUT2D eigenvalue weighted by Gasteiger charge is -2.35. The Morgan fingerprint density at radius 3 is 2.59 bits per heavy atom. The van der Waals surface area contributed by atoms with Gasteiger partial charge in [0.05, 0.1) is 4.91 Å². The van der Waals surface area contributed by atoms with Gasteiger partial charge in [-0.3, -0.25) is 4.79 Å². The number of amides is 1. The Balaban J connectivity index is 1.29. The summed E-state index contributed by atoms with van der Waals surface area (Å²) < 4.78 is 0. The average molecular weight is 399 g/mol. The number of carbonyl (C=O) groups is 1. The number of anilines is 1. The van der Waals surface area contributed by atoms with Crippen LogP contribution in [0.3, 0.4) is 0 Å². The predicted octanol–water partition coefficient (Wildman–Crippen LogP) is 3.35. The second kappa shape index (κ2) is 7.28. The lowest BCUT2D eigenvalue weighted by molar-refractivity contribution is -0.126. The lowest BCUT2D eigenvalue weighted by atomic mass is 9.95. The van der Waals surface area contributed by atoms with Gasteiger partial charge in [-0.1, -0.05) is 0 Å². The van der Waals surface area contributed by atoms with Crippen molar-refractivity contribution in [3.05, 3.63) is 44.2 Å².